The van der Waals surface area contributed by atoms with Gasteiger partial charge in [0.05, 0.1) is 23.7 Å². The van der Waals surface area contributed by atoms with E-state index < -0.39 is 0 Å². The third kappa shape index (κ3) is 3.83. The second-order valence-corrected chi connectivity index (χ2v) is 5.35. The Labute approximate surface area is 136 Å². The normalized spacial score (nSPS) is 10.5. The lowest BCUT2D eigenvalue weighted by Crippen LogP contribution is -2.20. The molecule has 0 unspecified atom stereocenters. The number of nitrogens with one attached hydrogen (secondary N) is 2. The summed E-state index contributed by atoms with van der Waals surface area (Å²) in [6, 6.07) is 5.31. The van der Waals surface area contributed by atoms with Crippen molar-refractivity contribution in [1.82, 2.24) is 9.78 Å². The molecule has 2 N–H and O–H groups in total. The molecule has 0 saturated heterocycles. The zero-order valence-electron chi connectivity index (χ0n) is 14.4. The molecule has 0 radical (unpaired) electrons. The van der Waals surface area contributed by atoms with E-state index in [0.29, 0.717) is 12.3 Å². The maximum absolute atomic E-state index is 12.2. The third-order valence-electron chi connectivity index (χ3n) is 3.67. The van der Waals surface area contributed by atoms with Crippen LogP contribution in [0.4, 0.5) is 16.2 Å². The van der Waals surface area contributed by atoms with Gasteiger partial charge in [0.15, 0.2) is 0 Å². The van der Waals surface area contributed by atoms with Gasteiger partial charge in [-0.25, -0.2) is 4.79 Å². The minimum absolute atomic E-state index is 0.293. The van der Waals surface area contributed by atoms with Crippen LogP contribution in [-0.2, 0) is 6.54 Å². The molecule has 0 bridgehead atoms. The van der Waals surface area contributed by atoms with E-state index in [0.717, 1.165) is 34.9 Å². The van der Waals surface area contributed by atoms with Crippen molar-refractivity contribution in [1.29, 1.82) is 0 Å². The standard InChI is InChI=1S/C17H24N4O2/c1-6-21-13(5)16(12(4)20-21)19-17(22)18-14-9-8-11(3)15(10-14)23-7-2/h8-10H,6-7H2,1-5H3,(H2,18,19,22). The summed E-state index contributed by atoms with van der Waals surface area (Å²) in [5.74, 6) is 0.775. The molecule has 0 aliphatic rings. The molecule has 23 heavy (non-hydrogen) atoms. The highest BCUT2D eigenvalue weighted by Gasteiger charge is 2.13. The zero-order chi connectivity index (χ0) is 17.0. The van der Waals surface area contributed by atoms with Gasteiger partial charge < -0.3 is 15.4 Å². The van der Waals surface area contributed by atoms with Gasteiger partial charge in [-0.3, -0.25) is 4.68 Å². The Hall–Kier alpha value is -2.50. The largest absolute Gasteiger partial charge is 0.494 e. The molecule has 2 rings (SSSR count). The maximum atomic E-state index is 12.2. The highest BCUT2D eigenvalue weighted by atomic mass is 16.5. The zero-order valence-corrected chi connectivity index (χ0v) is 14.4. The average Bonchev–Trinajstić information content (AvgIpc) is 2.78. The van der Waals surface area contributed by atoms with Gasteiger partial charge in [-0.15, -0.1) is 0 Å². The number of anilines is 2. The summed E-state index contributed by atoms with van der Waals surface area (Å²) in [5, 5.41) is 10.1. The number of hydrogen-bond donors (Lipinski definition) is 2. The summed E-state index contributed by atoms with van der Waals surface area (Å²) >= 11 is 0. The van der Waals surface area contributed by atoms with E-state index >= 15 is 0 Å². The van der Waals surface area contributed by atoms with Gasteiger partial charge in [0.2, 0.25) is 0 Å². The molecule has 0 saturated carbocycles. The van der Waals surface area contributed by atoms with Crippen LogP contribution in [0.2, 0.25) is 0 Å². The summed E-state index contributed by atoms with van der Waals surface area (Å²) < 4.78 is 7.41. The second kappa shape index (κ2) is 7.17. The van der Waals surface area contributed by atoms with E-state index in [2.05, 4.69) is 15.7 Å². The number of carbonyl (C=O) groups excluding carboxylic acids is 1. The van der Waals surface area contributed by atoms with Gasteiger partial charge in [0.25, 0.3) is 0 Å². The van der Waals surface area contributed by atoms with Crippen LogP contribution in [0.15, 0.2) is 18.2 Å². The minimum atomic E-state index is -0.293. The number of hydrogen-bond acceptors (Lipinski definition) is 3. The van der Waals surface area contributed by atoms with E-state index in [4.69, 9.17) is 4.74 Å². The van der Waals surface area contributed by atoms with Crippen LogP contribution in [0, 0.1) is 20.8 Å². The Balaban J connectivity index is 2.11. The first kappa shape index (κ1) is 16.9. The third-order valence-corrected chi connectivity index (χ3v) is 3.67. The van der Waals surface area contributed by atoms with E-state index in [1.807, 2.05) is 57.5 Å². The molecule has 1 aromatic carbocycles. The number of ether oxygens (including phenoxy) is 1. The second-order valence-electron chi connectivity index (χ2n) is 5.35. The molecular weight excluding hydrogens is 292 g/mol. The summed E-state index contributed by atoms with van der Waals surface area (Å²) in [4.78, 5) is 12.2. The van der Waals surface area contributed by atoms with Crippen LogP contribution < -0.4 is 15.4 Å². The summed E-state index contributed by atoms with van der Waals surface area (Å²) in [5.41, 5.74) is 4.22. The Morgan fingerprint density at radius 2 is 1.96 bits per heavy atom. The highest BCUT2D eigenvalue weighted by Crippen LogP contribution is 2.23. The lowest BCUT2D eigenvalue weighted by Gasteiger charge is -2.11. The van der Waals surface area contributed by atoms with Crippen LogP contribution in [0.3, 0.4) is 0 Å². The highest BCUT2D eigenvalue weighted by molar-refractivity contribution is 6.00. The van der Waals surface area contributed by atoms with Crippen LogP contribution in [-0.4, -0.2) is 22.4 Å². The molecule has 2 aromatic rings. The first-order valence-corrected chi connectivity index (χ1v) is 7.81. The first-order chi connectivity index (χ1) is 11.0. The van der Waals surface area contributed by atoms with E-state index in [9.17, 15) is 4.79 Å². The van der Waals surface area contributed by atoms with Crippen molar-refractivity contribution in [3.8, 4) is 5.75 Å². The Bertz CT molecular complexity index is 707. The van der Waals surface area contributed by atoms with Crippen molar-refractivity contribution >= 4 is 17.4 Å². The molecule has 1 heterocycles. The Morgan fingerprint density at radius 1 is 1.22 bits per heavy atom. The van der Waals surface area contributed by atoms with E-state index in [1.54, 1.807) is 0 Å². The molecular formula is C17H24N4O2. The van der Waals surface area contributed by atoms with Crippen LogP contribution >= 0.6 is 0 Å². The number of amides is 2. The van der Waals surface area contributed by atoms with E-state index in [-0.39, 0.29) is 6.03 Å². The van der Waals surface area contributed by atoms with Gasteiger partial charge in [-0.1, -0.05) is 6.07 Å². The lowest BCUT2D eigenvalue weighted by molar-refractivity contribution is 0.262. The van der Waals surface area contributed by atoms with Crippen molar-refractivity contribution in [2.24, 2.45) is 0 Å². The van der Waals surface area contributed by atoms with Gasteiger partial charge in [0, 0.05) is 18.3 Å². The average molecular weight is 316 g/mol. The molecule has 0 aliphatic heterocycles. The van der Waals surface area contributed by atoms with Crippen LogP contribution in [0.1, 0.15) is 30.8 Å². The molecule has 6 nitrogen and oxygen atoms in total. The number of urea groups is 1. The summed E-state index contributed by atoms with van der Waals surface area (Å²) in [6.07, 6.45) is 0. The fourth-order valence-corrected chi connectivity index (χ4v) is 2.45. The maximum Gasteiger partial charge on any atom is 0.323 e. The number of aryl methyl sites for hydroxylation is 3. The quantitative estimate of drug-likeness (QED) is 0.880. The molecule has 124 valence electrons. The lowest BCUT2D eigenvalue weighted by atomic mass is 10.2. The Kier molecular flexibility index (Phi) is 5.26. The van der Waals surface area contributed by atoms with Crippen molar-refractivity contribution in [2.45, 2.75) is 41.2 Å². The number of carbonyl (C=O) groups is 1. The van der Waals surface area contributed by atoms with Gasteiger partial charge in [-0.05, 0) is 46.2 Å². The van der Waals surface area contributed by atoms with Crippen molar-refractivity contribution in [2.75, 3.05) is 17.2 Å². The molecule has 0 spiro atoms. The monoisotopic (exact) mass is 316 g/mol. The van der Waals surface area contributed by atoms with Gasteiger partial charge >= 0.3 is 6.03 Å². The minimum Gasteiger partial charge on any atom is -0.494 e. The number of nitrogens with zero attached hydrogens (tertiary/aromatic N) is 2. The fourth-order valence-electron chi connectivity index (χ4n) is 2.45. The number of aromatic nitrogens is 2. The predicted octanol–water partition coefficient (Wildman–Crippen LogP) is 3.87. The number of rotatable bonds is 5. The number of benzene rings is 1. The van der Waals surface area contributed by atoms with Crippen molar-refractivity contribution < 1.29 is 9.53 Å². The first-order valence-electron chi connectivity index (χ1n) is 7.81. The molecule has 6 heteroatoms. The molecule has 2 amide bonds. The molecule has 0 atom stereocenters. The molecule has 1 aromatic heterocycles. The summed E-state index contributed by atoms with van der Waals surface area (Å²) in [7, 11) is 0. The topological polar surface area (TPSA) is 68.2 Å². The van der Waals surface area contributed by atoms with Crippen molar-refractivity contribution in [3.63, 3.8) is 0 Å². The SMILES string of the molecule is CCOc1cc(NC(=O)Nc2c(C)nn(CC)c2C)ccc1C. The van der Waals surface area contributed by atoms with Gasteiger partial charge in [0.1, 0.15) is 5.75 Å². The van der Waals surface area contributed by atoms with Crippen LogP contribution in [0.5, 0.6) is 5.75 Å². The molecule has 0 fully saturated rings. The Morgan fingerprint density at radius 3 is 2.57 bits per heavy atom. The fraction of sp³-hybridized carbons (Fsp3) is 0.412. The molecule has 0 aliphatic carbocycles. The van der Waals surface area contributed by atoms with Crippen LogP contribution in [0.25, 0.3) is 0 Å². The van der Waals surface area contributed by atoms with Gasteiger partial charge in [-0.2, -0.15) is 5.10 Å². The smallest absolute Gasteiger partial charge is 0.323 e. The van der Waals surface area contributed by atoms with E-state index in [1.165, 1.54) is 0 Å². The predicted molar refractivity (Wildman–Crippen MR) is 92.4 cm³/mol. The summed E-state index contributed by atoms with van der Waals surface area (Å²) in [6.45, 7) is 11.1. The van der Waals surface area contributed by atoms with Crippen molar-refractivity contribution in [3.05, 3.63) is 35.2 Å².